The number of aromatic nitrogens is 1. The van der Waals surface area contributed by atoms with Gasteiger partial charge in [0, 0.05) is 12.7 Å². The van der Waals surface area contributed by atoms with Crippen molar-refractivity contribution in [3.05, 3.63) is 59.4 Å². The number of hydrogen-bond donors (Lipinski definition) is 2. The Morgan fingerprint density at radius 1 is 1.19 bits per heavy atom. The molecule has 0 saturated carbocycles. The maximum absolute atomic E-state index is 12.8. The van der Waals surface area contributed by atoms with Crippen LogP contribution in [0, 0.1) is 0 Å². The second kappa shape index (κ2) is 5.82. The van der Waals surface area contributed by atoms with Crippen molar-refractivity contribution in [3.63, 3.8) is 0 Å². The lowest BCUT2D eigenvalue weighted by molar-refractivity contribution is -0.138. The number of carbonyl (C=O) groups is 1. The van der Waals surface area contributed by atoms with Crippen LogP contribution >= 0.6 is 0 Å². The minimum atomic E-state index is -4.46. The summed E-state index contributed by atoms with van der Waals surface area (Å²) in [7, 11) is 0. The van der Waals surface area contributed by atoms with Gasteiger partial charge in [0.2, 0.25) is 0 Å². The van der Waals surface area contributed by atoms with E-state index < -0.39 is 17.7 Å². The predicted octanol–water partition coefficient (Wildman–Crippen LogP) is 3.41. The van der Waals surface area contributed by atoms with Crippen LogP contribution < -0.4 is 5.32 Å². The average Bonchev–Trinajstić information content (AvgIpc) is 2.44. The summed E-state index contributed by atoms with van der Waals surface area (Å²) < 4.78 is 38.5. The van der Waals surface area contributed by atoms with Crippen LogP contribution in [0.4, 0.5) is 18.9 Å². The Morgan fingerprint density at radius 2 is 1.90 bits per heavy atom. The number of carboxylic acid groups (broad SMARTS) is 1. The average molecular weight is 296 g/mol. The predicted molar refractivity (Wildman–Crippen MR) is 70.0 cm³/mol. The molecule has 0 spiro atoms. The van der Waals surface area contributed by atoms with Crippen molar-refractivity contribution >= 4 is 11.7 Å². The Bertz CT molecular complexity index is 657. The second-order valence-corrected chi connectivity index (χ2v) is 4.21. The number of hydrogen-bond acceptors (Lipinski definition) is 3. The van der Waals surface area contributed by atoms with Gasteiger partial charge in [-0.3, -0.25) is 0 Å². The Kier molecular flexibility index (Phi) is 4.11. The van der Waals surface area contributed by atoms with Gasteiger partial charge in [-0.05, 0) is 23.8 Å². The first-order valence-corrected chi connectivity index (χ1v) is 5.97. The van der Waals surface area contributed by atoms with Crippen molar-refractivity contribution in [1.29, 1.82) is 0 Å². The summed E-state index contributed by atoms with van der Waals surface area (Å²) >= 11 is 0. The number of nitrogens with zero attached hydrogens (tertiary/aromatic N) is 1. The lowest BCUT2D eigenvalue weighted by Gasteiger charge is -2.14. The molecular formula is C14H11F3N2O2. The van der Waals surface area contributed by atoms with Crippen molar-refractivity contribution in [1.82, 2.24) is 4.98 Å². The van der Waals surface area contributed by atoms with Gasteiger partial charge in [-0.2, -0.15) is 13.2 Å². The molecule has 21 heavy (non-hydrogen) atoms. The van der Waals surface area contributed by atoms with Crippen LogP contribution in [-0.2, 0) is 12.7 Å². The van der Waals surface area contributed by atoms with Crippen molar-refractivity contribution in [2.45, 2.75) is 12.7 Å². The van der Waals surface area contributed by atoms with Crippen LogP contribution in [0.2, 0.25) is 0 Å². The van der Waals surface area contributed by atoms with Crippen molar-refractivity contribution in [2.75, 3.05) is 5.32 Å². The molecule has 110 valence electrons. The van der Waals surface area contributed by atoms with Gasteiger partial charge in [0.25, 0.3) is 0 Å². The molecule has 2 aromatic rings. The summed E-state index contributed by atoms with van der Waals surface area (Å²) in [6.07, 6.45) is -3.15. The van der Waals surface area contributed by atoms with Crippen molar-refractivity contribution < 1.29 is 23.1 Å². The molecule has 0 bridgehead atoms. The number of halogens is 3. The number of nitrogens with one attached hydrogen (secondary N) is 1. The van der Waals surface area contributed by atoms with Gasteiger partial charge >= 0.3 is 12.1 Å². The molecular weight excluding hydrogens is 285 g/mol. The number of pyridine rings is 1. The molecule has 0 fully saturated rings. The molecule has 0 aliphatic heterocycles. The third kappa shape index (κ3) is 3.50. The third-order valence-electron chi connectivity index (χ3n) is 2.80. The lowest BCUT2D eigenvalue weighted by Crippen LogP contribution is -2.13. The smallest absolute Gasteiger partial charge is 0.416 e. The van der Waals surface area contributed by atoms with Crippen LogP contribution in [0.25, 0.3) is 0 Å². The van der Waals surface area contributed by atoms with Crippen LogP contribution in [0.1, 0.15) is 21.6 Å². The summed E-state index contributed by atoms with van der Waals surface area (Å²) in [5.41, 5.74) is -0.785. The largest absolute Gasteiger partial charge is 0.476 e. The number of rotatable bonds is 4. The Labute approximate surface area is 118 Å². The van der Waals surface area contributed by atoms with Gasteiger partial charge in [0.05, 0.1) is 11.3 Å². The standard InChI is InChI=1S/C14H11F3N2O2/c15-14(16,17)10-5-2-1-4-9(10)8-19-11-6-3-7-18-12(11)13(20)21/h1-7,19H,8H2,(H,20,21). The van der Waals surface area contributed by atoms with Crippen LogP contribution in [0.5, 0.6) is 0 Å². The second-order valence-electron chi connectivity index (χ2n) is 4.21. The first-order valence-electron chi connectivity index (χ1n) is 5.97. The molecule has 1 aromatic carbocycles. The highest BCUT2D eigenvalue weighted by atomic mass is 19.4. The van der Waals surface area contributed by atoms with Gasteiger partial charge in [-0.15, -0.1) is 0 Å². The molecule has 0 atom stereocenters. The molecule has 1 heterocycles. The Balaban J connectivity index is 2.24. The lowest BCUT2D eigenvalue weighted by atomic mass is 10.1. The molecule has 2 N–H and O–H groups in total. The molecule has 0 aliphatic rings. The molecule has 0 aliphatic carbocycles. The number of carboxylic acids is 1. The summed E-state index contributed by atoms with van der Waals surface area (Å²) in [5.74, 6) is -1.25. The zero-order valence-corrected chi connectivity index (χ0v) is 10.7. The van der Waals surface area contributed by atoms with E-state index in [0.29, 0.717) is 0 Å². The van der Waals surface area contributed by atoms with E-state index in [4.69, 9.17) is 5.11 Å². The van der Waals surface area contributed by atoms with Gasteiger partial charge in [-0.25, -0.2) is 9.78 Å². The van der Waals surface area contributed by atoms with E-state index in [1.54, 1.807) is 0 Å². The summed E-state index contributed by atoms with van der Waals surface area (Å²) in [5, 5.41) is 11.6. The minimum Gasteiger partial charge on any atom is -0.476 e. The molecule has 0 amide bonds. The quantitative estimate of drug-likeness (QED) is 0.907. The van der Waals surface area contributed by atoms with Crippen molar-refractivity contribution in [2.24, 2.45) is 0 Å². The molecule has 7 heteroatoms. The topological polar surface area (TPSA) is 62.2 Å². The van der Waals surface area contributed by atoms with Gasteiger partial charge in [0.15, 0.2) is 5.69 Å². The third-order valence-corrected chi connectivity index (χ3v) is 2.80. The molecule has 0 saturated heterocycles. The fraction of sp³-hybridized carbons (Fsp3) is 0.143. The van der Waals surface area contributed by atoms with E-state index in [9.17, 15) is 18.0 Å². The SMILES string of the molecule is O=C(O)c1ncccc1NCc1ccccc1C(F)(F)F. The fourth-order valence-corrected chi connectivity index (χ4v) is 1.86. The van der Waals surface area contributed by atoms with E-state index >= 15 is 0 Å². The minimum absolute atomic E-state index is 0.0326. The monoisotopic (exact) mass is 296 g/mol. The van der Waals surface area contributed by atoms with Gasteiger partial charge < -0.3 is 10.4 Å². The number of aromatic carboxylic acids is 1. The van der Waals surface area contributed by atoms with E-state index in [0.717, 1.165) is 6.07 Å². The Hall–Kier alpha value is -2.57. The van der Waals surface area contributed by atoms with Gasteiger partial charge in [0.1, 0.15) is 0 Å². The number of anilines is 1. The van der Waals surface area contributed by atoms with E-state index in [1.165, 1.54) is 36.5 Å². The van der Waals surface area contributed by atoms with Crippen LogP contribution in [-0.4, -0.2) is 16.1 Å². The highest BCUT2D eigenvalue weighted by molar-refractivity contribution is 5.91. The maximum Gasteiger partial charge on any atom is 0.416 e. The summed E-state index contributed by atoms with van der Waals surface area (Å²) in [4.78, 5) is 14.7. The summed E-state index contributed by atoms with van der Waals surface area (Å²) in [6, 6.07) is 8.08. The summed E-state index contributed by atoms with van der Waals surface area (Å²) in [6.45, 7) is -0.151. The van der Waals surface area contributed by atoms with E-state index in [1.807, 2.05) is 0 Å². The van der Waals surface area contributed by atoms with E-state index in [2.05, 4.69) is 10.3 Å². The van der Waals surface area contributed by atoms with Crippen molar-refractivity contribution in [3.8, 4) is 0 Å². The fourth-order valence-electron chi connectivity index (χ4n) is 1.86. The molecule has 0 unspecified atom stereocenters. The highest BCUT2D eigenvalue weighted by Gasteiger charge is 2.32. The van der Waals surface area contributed by atoms with Crippen LogP contribution in [0.15, 0.2) is 42.6 Å². The number of alkyl halides is 3. The molecule has 0 radical (unpaired) electrons. The molecule has 2 rings (SSSR count). The zero-order valence-electron chi connectivity index (χ0n) is 10.7. The molecule has 1 aromatic heterocycles. The highest BCUT2D eigenvalue weighted by Crippen LogP contribution is 2.32. The first kappa shape index (κ1) is 14.8. The number of benzene rings is 1. The molecule has 4 nitrogen and oxygen atoms in total. The first-order chi connectivity index (χ1) is 9.89. The van der Waals surface area contributed by atoms with E-state index in [-0.39, 0.29) is 23.5 Å². The normalized spacial score (nSPS) is 11.2. The Morgan fingerprint density at radius 3 is 2.57 bits per heavy atom. The van der Waals surface area contributed by atoms with Gasteiger partial charge in [-0.1, -0.05) is 18.2 Å². The van der Waals surface area contributed by atoms with Crippen LogP contribution in [0.3, 0.4) is 0 Å². The maximum atomic E-state index is 12.8. The zero-order chi connectivity index (χ0) is 15.5.